The molecule has 7 N–H and O–H groups in total. The van der Waals surface area contributed by atoms with E-state index >= 15 is 0 Å². The molecule has 0 saturated heterocycles. The first-order valence-corrected chi connectivity index (χ1v) is 5.22. The molecule has 0 aromatic rings. The number of hydrogen-bond donors (Lipinski definition) is 6. The van der Waals surface area contributed by atoms with E-state index in [1.807, 2.05) is 0 Å². The molecule has 106 valence electrons. The Morgan fingerprint density at radius 2 is 1.83 bits per heavy atom. The highest BCUT2D eigenvalue weighted by atomic mass is 16.4. The Morgan fingerprint density at radius 1 is 1.39 bits per heavy atom. The van der Waals surface area contributed by atoms with E-state index in [9.17, 15) is 4.79 Å². The lowest BCUT2D eigenvalue weighted by atomic mass is 10.1. The van der Waals surface area contributed by atoms with Gasteiger partial charge in [-0.2, -0.15) is 0 Å². The lowest BCUT2D eigenvalue weighted by molar-refractivity contribution is -0.145. The standard InChI is InChI=1S/C5H12N4.C5H10O4/c1-9(2)5(8)3-4(6)7;1-3(5(8)9)4(7)2-6/h8H,3H2,1-2H3,(H3,6,7);3-4,6-7H,2H2,1H3,(H,8,9)/t;3-,4+/m.1/s1. The van der Waals surface area contributed by atoms with Gasteiger partial charge >= 0.3 is 5.97 Å². The number of rotatable bonds is 5. The number of carboxylic acid groups (broad SMARTS) is 1. The molecular formula is C10H22N4O4. The number of nitrogens with two attached hydrogens (primary N) is 1. The van der Waals surface area contributed by atoms with Crippen molar-refractivity contribution in [1.82, 2.24) is 4.90 Å². The highest BCUT2D eigenvalue weighted by Crippen LogP contribution is 2.00. The van der Waals surface area contributed by atoms with Gasteiger partial charge in [-0.3, -0.25) is 15.6 Å². The highest BCUT2D eigenvalue weighted by molar-refractivity contribution is 5.98. The average molecular weight is 262 g/mol. The van der Waals surface area contributed by atoms with E-state index in [1.165, 1.54) is 6.92 Å². The number of hydrogen-bond acceptors (Lipinski definition) is 5. The second kappa shape index (κ2) is 9.37. The predicted molar refractivity (Wildman–Crippen MR) is 67.8 cm³/mol. The molecule has 8 heteroatoms. The third kappa shape index (κ3) is 9.55. The van der Waals surface area contributed by atoms with Crippen LogP contribution in [0.4, 0.5) is 0 Å². The minimum atomic E-state index is -1.15. The largest absolute Gasteiger partial charge is 0.481 e. The summed E-state index contributed by atoms with van der Waals surface area (Å²) in [5.41, 5.74) is 5.05. The van der Waals surface area contributed by atoms with Crippen molar-refractivity contribution < 1.29 is 20.1 Å². The number of carbonyl (C=O) groups is 1. The number of carboxylic acids is 1. The van der Waals surface area contributed by atoms with Crippen LogP contribution in [0.1, 0.15) is 13.3 Å². The van der Waals surface area contributed by atoms with Gasteiger partial charge in [0.2, 0.25) is 0 Å². The lowest BCUT2D eigenvalue weighted by Gasteiger charge is -2.11. The Hall–Kier alpha value is -1.67. The van der Waals surface area contributed by atoms with Crippen LogP contribution in [0.2, 0.25) is 0 Å². The zero-order valence-corrected chi connectivity index (χ0v) is 10.8. The number of aliphatic hydroxyl groups is 2. The molecular weight excluding hydrogens is 240 g/mol. The minimum Gasteiger partial charge on any atom is -0.481 e. The molecule has 0 aliphatic heterocycles. The highest BCUT2D eigenvalue weighted by Gasteiger charge is 2.19. The van der Waals surface area contributed by atoms with Crippen molar-refractivity contribution in [1.29, 1.82) is 10.8 Å². The van der Waals surface area contributed by atoms with Crippen LogP contribution in [-0.4, -0.2) is 64.7 Å². The van der Waals surface area contributed by atoms with Crippen LogP contribution >= 0.6 is 0 Å². The van der Waals surface area contributed by atoms with Crippen molar-refractivity contribution in [2.75, 3.05) is 20.7 Å². The van der Waals surface area contributed by atoms with Gasteiger partial charge in [0.15, 0.2) is 0 Å². The van der Waals surface area contributed by atoms with Crippen molar-refractivity contribution in [2.24, 2.45) is 11.7 Å². The molecule has 0 fully saturated rings. The fraction of sp³-hybridized carbons (Fsp3) is 0.700. The van der Waals surface area contributed by atoms with Gasteiger partial charge < -0.3 is 26.0 Å². The van der Waals surface area contributed by atoms with E-state index in [0.717, 1.165) is 0 Å². The summed E-state index contributed by atoms with van der Waals surface area (Å²) < 4.78 is 0. The Labute approximate surface area is 106 Å². The molecule has 0 amide bonds. The normalized spacial score (nSPS) is 12.7. The summed E-state index contributed by atoms with van der Waals surface area (Å²) in [4.78, 5) is 11.7. The topological polar surface area (TPSA) is 155 Å². The maximum Gasteiger partial charge on any atom is 0.308 e. The van der Waals surface area contributed by atoms with E-state index in [4.69, 9.17) is 31.9 Å². The fourth-order valence-corrected chi connectivity index (χ4v) is 0.661. The summed E-state index contributed by atoms with van der Waals surface area (Å²) in [6, 6.07) is 0. The van der Waals surface area contributed by atoms with Gasteiger partial charge in [0.05, 0.1) is 30.9 Å². The molecule has 0 unspecified atom stereocenters. The van der Waals surface area contributed by atoms with Gasteiger partial charge in [0.1, 0.15) is 5.84 Å². The van der Waals surface area contributed by atoms with Crippen molar-refractivity contribution in [2.45, 2.75) is 19.4 Å². The molecule has 0 aliphatic rings. The number of nitrogens with one attached hydrogen (secondary N) is 2. The van der Waals surface area contributed by atoms with E-state index in [-0.39, 0.29) is 12.3 Å². The average Bonchev–Trinajstić information content (AvgIpc) is 2.26. The molecule has 0 aromatic heterocycles. The van der Waals surface area contributed by atoms with Gasteiger partial charge in [0.25, 0.3) is 0 Å². The van der Waals surface area contributed by atoms with Crippen LogP contribution in [0.5, 0.6) is 0 Å². The molecule has 0 heterocycles. The number of aliphatic carboxylic acids is 1. The Kier molecular flexibility index (Phi) is 9.73. The predicted octanol–water partition coefficient (Wildman–Crippen LogP) is -1.09. The van der Waals surface area contributed by atoms with Crippen LogP contribution < -0.4 is 5.73 Å². The molecule has 0 aliphatic carbocycles. The second-order valence-electron chi connectivity index (χ2n) is 3.92. The van der Waals surface area contributed by atoms with Crippen LogP contribution in [0.25, 0.3) is 0 Å². The zero-order valence-electron chi connectivity index (χ0n) is 10.8. The van der Waals surface area contributed by atoms with Crippen molar-refractivity contribution >= 4 is 17.6 Å². The van der Waals surface area contributed by atoms with E-state index in [0.29, 0.717) is 5.84 Å². The quantitative estimate of drug-likeness (QED) is 0.273. The number of nitrogens with zero attached hydrogens (tertiary/aromatic N) is 1. The summed E-state index contributed by atoms with van der Waals surface area (Å²) in [6.07, 6.45) is -0.907. The number of amidine groups is 2. The van der Waals surface area contributed by atoms with Crippen LogP contribution in [0.3, 0.4) is 0 Å². The SMILES string of the molecule is CN(C)C(=N)CC(=N)N.C[C@@H](C(=O)O)[C@@H](O)CO. The van der Waals surface area contributed by atoms with Gasteiger partial charge in [-0.25, -0.2) is 0 Å². The Balaban J connectivity index is 0. The third-order valence-corrected chi connectivity index (χ3v) is 2.05. The molecule has 0 aromatic carbocycles. The lowest BCUT2D eigenvalue weighted by Crippen LogP contribution is -2.28. The second-order valence-corrected chi connectivity index (χ2v) is 3.92. The molecule has 18 heavy (non-hydrogen) atoms. The fourth-order valence-electron chi connectivity index (χ4n) is 0.661. The van der Waals surface area contributed by atoms with E-state index < -0.39 is 24.6 Å². The maximum absolute atomic E-state index is 10.0. The zero-order chi connectivity index (χ0) is 14.9. The van der Waals surface area contributed by atoms with Gasteiger partial charge in [-0.15, -0.1) is 0 Å². The minimum absolute atomic E-state index is 0.0358. The monoisotopic (exact) mass is 262 g/mol. The van der Waals surface area contributed by atoms with Gasteiger partial charge in [0, 0.05) is 14.1 Å². The summed E-state index contributed by atoms with van der Waals surface area (Å²) in [5.74, 6) is -1.59. The van der Waals surface area contributed by atoms with E-state index in [2.05, 4.69) is 0 Å². The molecule has 0 rings (SSSR count). The molecule has 0 radical (unpaired) electrons. The molecule has 2 atom stereocenters. The van der Waals surface area contributed by atoms with Crippen LogP contribution in [-0.2, 0) is 4.79 Å². The van der Waals surface area contributed by atoms with E-state index in [1.54, 1.807) is 19.0 Å². The maximum atomic E-state index is 10.0. The number of aliphatic hydroxyl groups excluding tert-OH is 2. The van der Waals surface area contributed by atoms with Crippen molar-refractivity contribution in [3.63, 3.8) is 0 Å². The Morgan fingerprint density at radius 3 is 1.94 bits per heavy atom. The molecule has 8 nitrogen and oxygen atoms in total. The van der Waals surface area contributed by atoms with Crippen molar-refractivity contribution in [3.8, 4) is 0 Å². The summed E-state index contributed by atoms with van der Waals surface area (Å²) in [7, 11) is 3.51. The smallest absolute Gasteiger partial charge is 0.308 e. The Bertz CT molecular complexity index is 294. The van der Waals surface area contributed by atoms with Gasteiger partial charge in [-0.1, -0.05) is 0 Å². The molecule has 0 spiro atoms. The van der Waals surface area contributed by atoms with Gasteiger partial charge in [-0.05, 0) is 6.92 Å². The molecule has 0 saturated carbocycles. The molecule has 0 bridgehead atoms. The van der Waals surface area contributed by atoms with Crippen molar-refractivity contribution in [3.05, 3.63) is 0 Å². The third-order valence-electron chi connectivity index (χ3n) is 2.05. The first kappa shape index (κ1) is 18.7. The summed E-state index contributed by atoms with van der Waals surface area (Å²) in [5, 5.41) is 39.1. The van der Waals surface area contributed by atoms with Crippen LogP contribution in [0, 0.1) is 16.7 Å². The summed E-state index contributed by atoms with van der Waals surface area (Å²) >= 11 is 0. The first-order valence-electron chi connectivity index (χ1n) is 5.22. The van der Waals surface area contributed by atoms with Crippen LogP contribution in [0.15, 0.2) is 0 Å². The summed E-state index contributed by atoms with van der Waals surface area (Å²) in [6.45, 7) is 0.830. The first-order chi connectivity index (χ1) is 8.13.